The molecule has 1 aromatic carbocycles. The Morgan fingerprint density at radius 3 is 2.38 bits per heavy atom. The minimum atomic E-state index is -5.45. The molecule has 1 aromatic rings. The van der Waals surface area contributed by atoms with Gasteiger partial charge in [0, 0.05) is 18.5 Å². The fourth-order valence-corrected chi connectivity index (χ4v) is 5.73. The molecule has 0 N–H and O–H groups in total. The summed E-state index contributed by atoms with van der Waals surface area (Å²) in [5.41, 5.74) is -5.06. The van der Waals surface area contributed by atoms with E-state index in [0.29, 0.717) is 31.4 Å². The zero-order valence-corrected chi connectivity index (χ0v) is 16.6. The van der Waals surface area contributed by atoms with Gasteiger partial charge in [-0.3, -0.25) is 9.69 Å². The monoisotopic (exact) mass is 440 g/mol. The second kappa shape index (κ2) is 6.43. The van der Waals surface area contributed by atoms with Gasteiger partial charge in [0.05, 0.1) is 10.6 Å². The molecule has 0 saturated carbocycles. The predicted octanol–water partition coefficient (Wildman–Crippen LogP) is 3.57. The van der Waals surface area contributed by atoms with Crippen LogP contribution in [0.2, 0.25) is 0 Å². The second-order valence-electron chi connectivity index (χ2n) is 5.29. The van der Waals surface area contributed by atoms with Crippen molar-refractivity contribution in [2.45, 2.75) is 22.2 Å². The lowest BCUT2D eigenvalue weighted by Gasteiger charge is -2.19. The van der Waals surface area contributed by atoms with E-state index in [2.05, 4.69) is 0 Å². The van der Waals surface area contributed by atoms with Crippen molar-refractivity contribution in [3.05, 3.63) is 28.1 Å². The van der Waals surface area contributed by atoms with Crippen LogP contribution < -0.4 is 4.90 Å². The van der Waals surface area contributed by atoms with Crippen LogP contribution in [-0.2, 0) is 14.6 Å². The summed E-state index contributed by atoms with van der Waals surface area (Å²) in [6, 6.07) is 3.24. The van der Waals surface area contributed by atoms with Crippen LogP contribution in [0, 0.1) is 0 Å². The average molecular weight is 441 g/mol. The Bertz CT molecular complexity index is 957. The first-order valence-corrected chi connectivity index (χ1v) is 10.7. The van der Waals surface area contributed by atoms with Gasteiger partial charge in [0.2, 0.25) is 0 Å². The number of carbonyl (C=O) groups excluding carboxylic acids is 1. The minimum Gasteiger partial charge on any atom is -0.334 e. The van der Waals surface area contributed by atoms with E-state index in [1.54, 1.807) is 18.9 Å². The summed E-state index contributed by atoms with van der Waals surface area (Å²) >= 11 is 7.42. The summed E-state index contributed by atoms with van der Waals surface area (Å²) in [6.07, 6.45) is 0. The molecule has 26 heavy (non-hydrogen) atoms. The number of hydrogen-bond acceptors (Lipinski definition) is 7. The molecule has 1 saturated heterocycles. The van der Waals surface area contributed by atoms with Gasteiger partial charge in [-0.25, -0.2) is 8.42 Å². The number of alkyl halides is 3. The number of thiocarbonyl (C=S) groups is 1. The lowest BCUT2D eigenvalue weighted by molar-refractivity contribution is -0.121. The van der Waals surface area contributed by atoms with Crippen LogP contribution in [0.1, 0.15) is 6.92 Å². The number of benzene rings is 1. The van der Waals surface area contributed by atoms with Crippen LogP contribution in [0.5, 0.6) is 0 Å². The fraction of sp³-hybridized carbons (Fsp3) is 0.286. The molecule has 0 radical (unpaired) electrons. The van der Waals surface area contributed by atoms with Gasteiger partial charge in [-0.05, 0) is 25.1 Å². The molecule has 1 amide bonds. The first-order valence-electron chi connectivity index (χ1n) is 7.14. The van der Waals surface area contributed by atoms with Crippen LogP contribution in [0.25, 0.3) is 0 Å². The molecular formula is C14H11F3N2O3S4. The lowest BCUT2D eigenvalue weighted by atomic mass is 10.3. The van der Waals surface area contributed by atoms with E-state index in [0.717, 1.165) is 23.9 Å². The molecule has 0 aromatic heterocycles. The van der Waals surface area contributed by atoms with Crippen LogP contribution in [-0.4, -0.2) is 42.6 Å². The molecule has 2 aliphatic rings. The summed E-state index contributed by atoms with van der Waals surface area (Å²) in [5, 5.41) is 0.533. The van der Waals surface area contributed by atoms with E-state index in [1.807, 2.05) is 0 Å². The summed E-state index contributed by atoms with van der Waals surface area (Å²) in [5.74, 6) is -0.295. The Kier molecular flexibility index (Phi) is 4.83. The number of anilines is 1. The van der Waals surface area contributed by atoms with Gasteiger partial charge in [-0.2, -0.15) is 13.2 Å². The quantitative estimate of drug-likeness (QED) is 0.515. The molecule has 140 valence electrons. The smallest absolute Gasteiger partial charge is 0.334 e. The number of fused-ring (bicyclic) bond motifs is 1. The van der Waals surface area contributed by atoms with Crippen molar-refractivity contribution < 1.29 is 26.4 Å². The normalized spacial score (nSPS) is 21.0. The van der Waals surface area contributed by atoms with Gasteiger partial charge in [0.15, 0.2) is 0 Å². The molecule has 0 unspecified atom stereocenters. The van der Waals surface area contributed by atoms with Crippen molar-refractivity contribution in [1.82, 2.24) is 4.90 Å². The highest BCUT2D eigenvalue weighted by Crippen LogP contribution is 2.51. The number of hydrogen-bond donors (Lipinski definition) is 0. The van der Waals surface area contributed by atoms with Gasteiger partial charge >= 0.3 is 5.51 Å². The van der Waals surface area contributed by atoms with Crippen molar-refractivity contribution >= 4 is 61.5 Å². The molecule has 2 aliphatic heterocycles. The molecule has 3 rings (SSSR count). The second-order valence-corrected chi connectivity index (χ2v) is 9.91. The number of thioether (sulfide) groups is 2. The van der Waals surface area contributed by atoms with Crippen molar-refractivity contribution in [1.29, 1.82) is 0 Å². The summed E-state index contributed by atoms with van der Waals surface area (Å²) in [4.78, 5) is 15.4. The van der Waals surface area contributed by atoms with Crippen molar-refractivity contribution in [2.75, 3.05) is 18.5 Å². The van der Waals surface area contributed by atoms with E-state index >= 15 is 0 Å². The third kappa shape index (κ3) is 2.92. The van der Waals surface area contributed by atoms with E-state index in [1.165, 1.54) is 22.7 Å². The van der Waals surface area contributed by atoms with E-state index in [9.17, 15) is 26.4 Å². The maximum atomic E-state index is 12.8. The van der Waals surface area contributed by atoms with Crippen molar-refractivity contribution in [3.8, 4) is 0 Å². The number of likely N-dealkylation sites (N-methyl/N-ethyl adjacent to an activating group) is 1. The van der Waals surface area contributed by atoms with E-state index in [4.69, 9.17) is 12.2 Å². The molecular weight excluding hydrogens is 429 g/mol. The summed E-state index contributed by atoms with van der Waals surface area (Å²) < 4.78 is 62.2. The van der Waals surface area contributed by atoms with E-state index < -0.39 is 20.2 Å². The molecule has 2 heterocycles. The highest BCUT2D eigenvalue weighted by atomic mass is 32.2. The number of carbonyl (C=O) groups is 1. The molecule has 0 aliphatic carbocycles. The van der Waals surface area contributed by atoms with Crippen LogP contribution in [0.15, 0.2) is 37.9 Å². The van der Waals surface area contributed by atoms with Gasteiger partial charge in [-0.1, -0.05) is 35.7 Å². The molecule has 0 atom stereocenters. The molecule has 1 fully saturated rings. The number of amides is 1. The van der Waals surface area contributed by atoms with Gasteiger partial charge in [0.25, 0.3) is 15.7 Å². The van der Waals surface area contributed by atoms with E-state index in [-0.39, 0.29) is 5.91 Å². The third-order valence-electron chi connectivity index (χ3n) is 3.76. The number of nitrogens with zero attached hydrogens (tertiary/aromatic N) is 2. The average Bonchev–Trinajstić information content (AvgIpc) is 3.05. The lowest BCUT2D eigenvalue weighted by Crippen LogP contribution is -2.25. The number of sulfone groups is 1. The highest BCUT2D eigenvalue weighted by molar-refractivity contribution is 8.27. The maximum absolute atomic E-state index is 12.8. The Balaban J connectivity index is 2.10. The summed E-state index contributed by atoms with van der Waals surface area (Å²) in [7, 11) is -3.90. The maximum Gasteiger partial charge on any atom is 0.501 e. The zero-order valence-electron chi connectivity index (χ0n) is 13.3. The topological polar surface area (TPSA) is 57.7 Å². The Labute approximate surface area is 161 Å². The van der Waals surface area contributed by atoms with Crippen molar-refractivity contribution in [2.24, 2.45) is 0 Å². The standard InChI is InChI=1S/C14H11F3N2O3S4/c1-3-19-8-6-7(26(21,22)14(15,16)17)4-5-9(8)24-12(19)10-11(20)18(2)13(23)25-10/h4-6H,3H2,1-2H3. The summed E-state index contributed by atoms with van der Waals surface area (Å²) in [6.45, 7) is 2.10. The molecule has 0 spiro atoms. The molecule has 12 heteroatoms. The van der Waals surface area contributed by atoms with Crippen molar-refractivity contribution in [3.63, 3.8) is 0 Å². The highest BCUT2D eigenvalue weighted by Gasteiger charge is 2.47. The van der Waals surface area contributed by atoms with Gasteiger partial charge in [0.1, 0.15) is 14.3 Å². The molecule has 0 bridgehead atoms. The first kappa shape index (κ1) is 19.5. The Morgan fingerprint density at radius 1 is 1.23 bits per heavy atom. The predicted molar refractivity (Wildman–Crippen MR) is 98.5 cm³/mol. The zero-order chi connectivity index (χ0) is 19.4. The first-order chi connectivity index (χ1) is 12.0. The number of rotatable bonds is 2. The third-order valence-corrected chi connectivity index (χ3v) is 8.10. The Hall–Kier alpha value is -1.24. The van der Waals surface area contributed by atoms with Crippen LogP contribution in [0.3, 0.4) is 0 Å². The molecule has 5 nitrogen and oxygen atoms in total. The number of halogens is 3. The van der Waals surface area contributed by atoms with Crippen LogP contribution >= 0.6 is 35.7 Å². The van der Waals surface area contributed by atoms with Crippen LogP contribution in [0.4, 0.5) is 18.9 Å². The SMILES string of the molecule is CCN1C(=C2SC(=S)N(C)C2=O)Sc2ccc(S(=O)(=O)C(F)(F)F)cc21. The fourth-order valence-electron chi connectivity index (χ4n) is 2.42. The minimum absolute atomic E-state index is 0.295. The van der Waals surface area contributed by atoms with Gasteiger partial charge < -0.3 is 4.90 Å². The largest absolute Gasteiger partial charge is 0.501 e. The Morgan fingerprint density at radius 2 is 1.88 bits per heavy atom. The van der Waals surface area contributed by atoms with Gasteiger partial charge in [-0.15, -0.1) is 0 Å².